The van der Waals surface area contributed by atoms with Crippen LogP contribution in [0.1, 0.15) is 52.4 Å². The molecule has 1 unspecified atom stereocenters. The van der Waals surface area contributed by atoms with Crippen molar-refractivity contribution < 1.29 is 9.53 Å². The van der Waals surface area contributed by atoms with Crippen molar-refractivity contribution >= 4 is 5.97 Å². The summed E-state index contributed by atoms with van der Waals surface area (Å²) in [5, 5.41) is 0. The molecule has 2 heterocycles. The summed E-state index contributed by atoms with van der Waals surface area (Å²) in [6.45, 7) is 0. The predicted octanol–water partition coefficient (Wildman–Crippen LogP) is 4.98. The highest BCUT2D eigenvalue weighted by Crippen LogP contribution is 2.35. The maximum Gasteiger partial charge on any atom is 0.338 e. The zero-order valence-corrected chi connectivity index (χ0v) is 16.1. The molecule has 1 atom stereocenters. The minimum atomic E-state index is -0.296. The second-order valence-electron chi connectivity index (χ2n) is 7.25. The van der Waals surface area contributed by atoms with Gasteiger partial charge in [0, 0.05) is 23.7 Å². The molecule has 0 fully saturated rings. The molecule has 0 radical (unpaired) electrons. The molecule has 0 spiro atoms. The molecule has 142 valence electrons. The molecule has 0 saturated carbocycles. The Labute approximate surface area is 165 Å². The fourth-order valence-electron chi connectivity index (χ4n) is 4.09. The van der Waals surface area contributed by atoms with Crippen LogP contribution >= 0.6 is 0 Å². The van der Waals surface area contributed by atoms with Crippen LogP contribution in [0, 0.1) is 0 Å². The van der Waals surface area contributed by atoms with Gasteiger partial charge in [0.05, 0.1) is 18.4 Å². The second kappa shape index (κ2) is 8.34. The number of fused-ring (bicyclic) bond motifs is 1. The molecule has 1 aliphatic carbocycles. The highest BCUT2D eigenvalue weighted by Gasteiger charge is 2.22. The minimum absolute atomic E-state index is 0.296. The number of methoxy groups -OCH3 is 1. The molecule has 0 aliphatic heterocycles. The Hall–Kier alpha value is -3.01. The maximum atomic E-state index is 12.0. The number of aryl methyl sites for hydroxylation is 2. The first-order valence-electron chi connectivity index (χ1n) is 9.82. The van der Waals surface area contributed by atoms with Gasteiger partial charge in [0.1, 0.15) is 0 Å². The van der Waals surface area contributed by atoms with E-state index >= 15 is 0 Å². The van der Waals surface area contributed by atoms with Crippen LogP contribution in [-0.4, -0.2) is 23.0 Å². The Morgan fingerprint density at radius 2 is 2.00 bits per heavy atom. The fourth-order valence-corrected chi connectivity index (χ4v) is 4.09. The number of esters is 1. The van der Waals surface area contributed by atoms with Crippen molar-refractivity contribution in [2.75, 3.05) is 7.11 Å². The first kappa shape index (κ1) is 18.4. The number of carbonyl (C=O) groups is 1. The molecule has 3 aromatic rings. The summed E-state index contributed by atoms with van der Waals surface area (Å²) in [7, 11) is 1.42. The molecule has 1 aliphatic rings. The Morgan fingerprint density at radius 3 is 2.82 bits per heavy atom. The number of hydrogen-bond donors (Lipinski definition) is 0. The largest absolute Gasteiger partial charge is 0.465 e. The van der Waals surface area contributed by atoms with Crippen LogP contribution in [0.5, 0.6) is 0 Å². The third kappa shape index (κ3) is 3.81. The van der Waals surface area contributed by atoms with Crippen LogP contribution in [-0.2, 0) is 17.6 Å². The first-order chi connectivity index (χ1) is 13.8. The lowest BCUT2D eigenvalue weighted by molar-refractivity contribution is 0.0599. The van der Waals surface area contributed by atoms with Crippen molar-refractivity contribution in [3.8, 4) is 11.3 Å². The minimum Gasteiger partial charge on any atom is -0.465 e. The molecule has 1 aromatic carbocycles. The van der Waals surface area contributed by atoms with Gasteiger partial charge in [-0.25, -0.2) is 4.79 Å². The van der Waals surface area contributed by atoms with Crippen LogP contribution in [0.3, 0.4) is 0 Å². The summed E-state index contributed by atoms with van der Waals surface area (Å²) < 4.78 is 4.90. The van der Waals surface area contributed by atoms with Gasteiger partial charge in [-0.2, -0.15) is 0 Å². The van der Waals surface area contributed by atoms with Gasteiger partial charge in [-0.05, 0) is 61.3 Å². The molecule has 28 heavy (non-hydrogen) atoms. The summed E-state index contributed by atoms with van der Waals surface area (Å²) in [6, 6.07) is 16.5. The van der Waals surface area contributed by atoms with Crippen LogP contribution in [0.4, 0.5) is 0 Å². The van der Waals surface area contributed by atoms with Crippen LogP contribution in [0.2, 0.25) is 0 Å². The van der Waals surface area contributed by atoms with Crippen molar-refractivity contribution in [3.05, 3.63) is 83.3 Å². The summed E-state index contributed by atoms with van der Waals surface area (Å²) in [5.41, 5.74) is 6.35. The SMILES string of the molecule is COC(=O)c1ccncc1CCC1CCCc2nc(-c3ccccc3)ccc21. The monoisotopic (exact) mass is 372 g/mol. The summed E-state index contributed by atoms with van der Waals surface area (Å²) >= 11 is 0. The summed E-state index contributed by atoms with van der Waals surface area (Å²) in [6.07, 6.45) is 8.56. The van der Waals surface area contributed by atoms with Gasteiger partial charge in [-0.15, -0.1) is 0 Å². The Balaban J connectivity index is 1.54. The standard InChI is InChI=1S/C24H24N2O2/c1-28-24(27)21-14-15-25-16-19(21)11-10-17-8-5-9-23-20(17)12-13-22(26-23)18-6-3-2-4-7-18/h2-4,6-7,12-17H,5,8-11H2,1H3. The van der Waals surface area contributed by atoms with E-state index in [9.17, 15) is 4.79 Å². The number of rotatable bonds is 5. The zero-order valence-electron chi connectivity index (χ0n) is 16.1. The second-order valence-corrected chi connectivity index (χ2v) is 7.25. The van der Waals surface area contributed by atoms with Gasteiger partial charge in [0.25, 0.3) is 0 Å². The molecule has 4 nitrogen and oxygen atoms in total. The number of benzene rings is 1. The molecule has 0 amide bonds. The Kier molecular flexibility index (Phi) is 5.47. The van der Waals surface area contributed by atoms with Gasteiger partial charge >= 0.3 is 5.97 Å². The number of aromatic nitrogens is 2. The summed E-state index contributed by atoms with van der Waals surface area (Å²) in [5.74, 6) is 0.169. The maximum absolute atomic E-state index is 12.0. The molecule has 4 heteroatoms. The van der Waals surface area contributed by atoms with Crippen LogP contribution in [0.25, 0.3) is 11.3 Å². The van der Waals surface area contributed by atoms with Crippen LogP contribution < -0.4 is 0 Å². The zero-order chi connectivity index (χ0) is 19.3. The average molecular weight is 372 g/mol. The molecule has 0 saturated heterocycles. The lowest BCUT2D eigenvalue weighted by Crippen LogP contribution is -2.14. The third-order valence-corrected chi connectivity index (χ3v) is 5.56. The molecular formula is C24H24N2O2. The molecule has 4 rings (SSSR count). The molecule has 0 bridgehead atoms. The van der Waals surface area contributed by atoms with Crippen molar-refractivity contribution in [2.45, 2.75) is 38.0 Å². The first-order valence-corrected chi connectivity index (χ1v) is 9.82. The van der Waals surface area contributed by atoms with E-state index in [2.05, 4.69) is 29.2 Å². The Morgan fingerprint density at radius 1 is 1.14 bits per heavy atom. The van der Waals surface area contributed by atoms with E-state index in [4.69, 9.17) is 9.72 Å². The Bertz CT molecular complexity index is 969. The highest BCUT2D eigenvalue weighted by molar-refractivity contribution is 5.90. The van der Waals surface area contributed by atoms with Gasteiger partial charge < -0.3 is 4.74 Å². The lowest BCUT2D eigenvalue weighted by atomic mass is 9.81. The normalized spacial score (nSPS) is 15.7. The van der Waals surface area contributed by atoms with E-state index in [1.807, 2.05) is 18.2 Å². The van der Waals surface area contributed by atoms with Gasteiger partial charge in [0.15, 0.2) is 0 Å². The lowest BCUT2D eigenvalue weighted by Gasteiger charge is -2.25. The predicted molar refractivity (Wildman–Crippen MR) is 109 cm³/mol. The van der Waals surface area contributed by atoms with E-state index in [1.54, 1.807) is 18.5 Å². The quantitative estimate of drug-likeness (QED) is 0.593. The van der Waals surface area contributed by atoms with Crippen molar-refractivity contribution in [3.63, 3.8) is 0 Å². The summed E-state index contributed by atoms with van der Waals surface area (Å²) in [4.78, 5) is 21.2. The van der Waals surface area contributed by atoms with E-state index in [1.165, 1.54) is 18.4 Å². The molecular weight excluding hydrogens is 348 g/mol. The number of ether oxygens (including phenoxy) is 1. The van der Waals surface area contributed by atoms with E-state index in [0.717, 1.165) is 48.9 Å². The molecule has 0 N–H and O–H groups in total. The van der Waals surface area contributed by atoms with E-state index in [-0.39, 0.29) is 5.97 Å². The van der Waals surface area contributed by atoms with Crippen LogP contribution in [0.15, 0.2) is 60.9 Å². The number of pyridine rings is 2. The van der Waals surface area contributed by atoms with Gasteiger partial charge in [-0.3, -0.25) is 9.97 Å². The van der Waals surface area contributed by atoms with E-state index < -0.39 is 0 Å². The fraction of sp³-hybridized carbons (Fsp3) is 0.292. The topological polar surface area (TPSA) is 52.1 Å². The number of nitrogens with zero attached hydrogens (tertiary/aromatic N) is 2. The smallest absolute Gasteiger partial charge is 0.338 e. The highest BCUT2D eigenvalue weighted by atomic mass is 16.5. The van der Waals surface area contributed by atoms with Gasteiger partial charge in [-0.1, -0.05) is 36.4 Å². The van der Waals surface area contributed by atoms with Gasteiger partial charge in [0.2, 0.25) is 0 Å². The number of hydrogen-bond acceptors (Lipinski definition) is 4. The van der Waals surface area contributed by atoms with Crippen molar-refractivity contribution in [1.29, 1.82) is 0 Å². The molecule has 2 aromatic heterocycles. The van der Waals surface area contributed by atoms with E-state index in [0.29, 0.717) is 11.5 Å². The third-order valence-electron chi connectivity index (χ3n) is 5.56. The average Bonchev–Trinajstić information content (AvgIpc) is 2.77. The van der Waals surface area contributed by atoms with Crippen molar-refractivity contribution in [2.24, 2.45) is 0 Å². The van der Waals surface area contributed by atoms with Crippen molar-refractivity contribution in [1.82, 2.24) is 9.97 Å². The number of carbonyl (C=O) groups excluding carboxylic acids is 1.